The Balaban J connectivity index is 0.00000625. The fourth-order valence-corrected chi connectivity index (χ4v) is 3.46. The van der Waals surface area contributed by atoms with E-state index in [1.165, 1.54) is 0 Å². The zero-order chi connectivity index (χ0) is 18.9. The molecule has 2 atom stereocenters. The number of nitrogens with zero attached hydrogens (tertiary/aromatic N) is 2. The Kier molecular flexibility index (Phi) is 12.4. The molecule has 0 saturated heterocycles. The third-order valence-corrected chi connectivity index (χ3v) is 5.25. The van der Waals surface area contributed by atoms with Gasteiger partial charge in [0.25, 0.3) is 0 Å². The summed E-state index contributed by atoms with van der Waals surface area (Å²) in [5.74, 6) is 0.643. The number of halogens is 1. The maximum absolute atomic E-state index is 11.8. The summed E-state index contributed by atoms with van der Waals surface area (Å²) in [4.78, 5) is 17.8. The van der Waals surface area contributed by atoms with Crippen LogP contribution in [0.3, 0.4) is 0 Å². The van der Waals surface area contributed by atoms with E-state index < -0.39 is 0 Å². The Labute approximate surface area is 175 Å². The molecule has 0 aromatic rings. The summed E-state index contributed by atoms with van der Waals surface area (Å²) >= 11 is 0. The van der Waals surface area contributed by atoms with E-state index in [2.05, 4.69) is 29.5 Å². The number of aliphatic imine (C=N–C) groups is 1. The first-order chi connectivity index (χ1) is 11.9. The molecule has 0 aromatic carbocycles. The van der Waals surface area contributed by atoms with Gasteiger partial charge in [-0.1, -0.05) is 13.8 Å². The van der Waals surface area contributed by atoms with Crippen molar-refractivity contribution >= 4 is 35.8 Å². The van der Waals surface area contributed by atoms with E-state index in [1.54, 1.807) is 26.1 Å². The van der Waals surface area contributed by atoms with E-state index in [4.69, 9.17) is 9.47 Å². The van der Waals surface area contributed by atoms with Gasteiger partial charge in [0.1, 0.15) is 6.54 Å². The summed E-state index contributed by atoms with van der Waals surface area (Å²) in [5, 5.41) is 6.77. The van der Waals surface area contributed by atoms with Gasteiger partial charge in [-0.25, -0.2) is 4.99 Å². The molecule has 1 aliphatic rings. The van der Waals surface area contributed by atoms with E-state index in [-0.39, 0.29) is 47.9 Å². The monoisotopic (exact) mass is 484 g/mol. The SMILES string of the molecule is CCOC1CC(NC(=NCC(=O)N(C)C)NCCOC)C1(CC)CC.I. The highest BCUT2D eigenvalue weighted by Gasteiger charge is 2.53. The topological polar surface area (TPSA) is 75.2 Å². The van der Waals surface area contributed by atoms with Gasteiger partial charge in [-0.15, -0.1) is 24.0 Å². The molecule has 0 bridgehead atoms. The molecule has 1 rings (SSSR count). The maximum Gasteiger partial charge on any atom is 0.243 e. The van der Waals surface area contributed by atoms with Gasteiger partial charge in [0, 0.05) is 45.8 Å². The van der Waals surface area contributed by atoms with Crippen molar-refractivity contribution in [1.29, 1.82) is 0 Å². The third-order valence-electron chi connectivity index (χ3n) is 5.25. The molecule has 8 heteroatoms. The first-order valence-electron chi connectivity index (χ1n) is 9.30. The highest BCUT2D eigenvalue weighted by molar-refractivity contribution is 14.0. The zero-order valence-corrected chi connectivity index (χ0v) is 19.5. The number of amides is 1. The smallest absolute Gasteiger partial charge is 0.243 e. The lowest BCUT2D eigenvalue weighted by atomic mass is 9.58. The highest BCUT2D eigenvalue weighted by atomic mass is 127. The van der Waals surface area contributed by atoms with Gasteiger partial charge in [-0.2, -0.15) is 0 Å². The molecule has 26 heavy (non-hydrogen) atoms. The van der Waals surface area contributed by atoms with Gasteiger partial charge in [0.05, 0.1) is 12.7 Å². The second kappa shape index (κ2) is 12.7. The number of rotatable bonds is 10. The van der Waals surface area contributed by atoms with E-state index in [9.17, 15) is 4.79 Å². The number of likely N-dealkylation sites (N-methyl/N-ethyl adjacent to an activating group) is 1. The molecule has 0 radical (unpaired) electrons. The van der Waals surface area contributed by atoms with Gasteiger partial charge in [0.15, 0.2) is 5.96 Å². The largest absolute Gasteiger partial charge is 0.383 e. The standard InChI is InChI=1S/C18H36N4O3.HI/c1-7-18(8-2)14(12-15(18)25-9-3)21-17(19-10-11-24-6)20-13-16(23)22(4)5;/h14-15H,7-13H2,1-6H3,(H2,19,20,21);1H. The van der Waals surface area contributed by atoms with Crippen LogP contribution in [0.15, 0.2) is 4.99 Å². The first-order valence-corrected chi connectivity index (χ1v) is 9.30. The summed E-state index contributed by atoms with van der Waals surface area (Å²) in [6.07, 6.45) is 3.35. The molecule has 1 fully saturated rings. The van der Waals surface area contributed by atoms with Crippen molar-refractivity contribution in [2.24, 2.45) is 10.4 Å². The molecular formula is C18H37IN4O3. The molecule has 0 aliphatic heterocycles. The van der Waals surface area contributed by atoms with E-state index >= 15 is 0 Å². The van der Waals surface area contributed by atoms with Gasteiger partial charge in [-0.3, -0.25) is 4.79 Å². The molecule has 0 aromatic heterocycles. The Hall–Kier alpha value is -0.610. The van der Waals surface area contributed by atoms with Crippen LogP contribution in [0, 0.1) is 5.41 Å². The van der Waals surface area contributed by atoms with Crippen LogP contribution >= 0.6 is 24.0 Å². The molecule has 0 heterocycles. The van der Waals surface area contributed by atoms with Gasteiger partial charge in [0.2, 0.25) is 5.91 Å². The lowest BCUT2D eigenvalue weighted by Crippen LogP contribution is -2.65. The Morgan fingerprint density at radius 2 is 1.92 bits per heavy atom. The average Bonchev–Trinajstić information content (AvgIpc) is 2.59. The number of guanidine groups is 1. The lowest BCUT2D eigenvalue weighted by Gasteiger charge is -2.55. The number of methoxy groups -OCH3 is 1. The van der Waals surface area contributed by atoms with Crippen molar-refractivity contribution in [1.82, 2.24) is 15.5 Å². The van der Waals surface area contributed by atoms with Crippen molar-refractivity contribution in [3.63, 3.8) is 0 Å². The van der Waals surface area contributed by atoms with Crippen LogP contribution in [0.25, 0.3) is 0 Å². The van der Waals surface area contributed by atoms with Gasteiger partial charge < -0.3 is 25.0 Å². The fraction of sp³-hybridized carbons (Fsp3) is 0.889. The zero-order valence-electron chi connectivity index (χ0n) is 17.1. The summed E-state index contributed by atoms with van der Waals surface area (Å²) < 4.78 is 11.0. The average molecular weight is 484 g/mol. The number of hydrogen-bond acceptors (Lipinski definition) is 4. The fourth-order valence-electron chi connectivity index (χ4n) is 3.46. The Bertz CT molecular complexity index is 442. The molecule has 2 unspecified atom stereocenters. The van der Waals surface area contributed by atoms with Crippen LogP contribution in [0.5, 0.6) is 0 Å². The van der Waals surface area contributed by atoms with Crippen LogP contribution < -0.4 is 10.6 Å². The predicted molar refractivity (Wildman–Crippen MR) is 116 cm³/mol. The first kappa shape index (κ1) is 25.4. The van der Waals surface area contributed by atoms with Crippen LogP contribution in [-0.4, -0.2) is 76.4 Å². The molecular weight excluding hydrogens is 447 g/mol. The molecule has 154 valence electrons. The van der Waals surface area contributed by atoms with Gasteiger partial charge in [-0.05, 0) is 26.2 Å². The Morgan fingerprint density at radius 1 is 1.27 bits per heavy atom. The van der Waals surface area contributed by atoms with Crippen LogP contribution in [-0.2, 0) is 14.3 Å². The van der Waals surface area contributed by atoms with E-state index in [0.717, 1.165) is 25.9 Å². The molecule has 2 N–H and O–H groups in total. The molecule has 1 aliphatic carbocycles. The minimum Gasteiger partial charge on any atom is -0.383 e. The lowest BCUT2D eigenvalue weighted by molar-refractivity contribution is -0.133. The van der Waals surface area contributed by atoms with Crippen molar-refractivity contribution in [3.8, 4) is 0 Å². The third kappa shape index (κ3) is 6.53. The second-order valence-corrected chi connectivity index (χ2v) is 6.69. The quantitative estimate of drug-likeness (QED) is 0.214. The van der Waals surface area contributed by atoms with Crippen molar-refractivity contribution in [3.05, 3.63) is 0 Å². The summed E-state index contributed by atoms with van der Waals surface area (Å²) in [7, 11) is 5.14. The minimum atomic E-state index is -0.0223. The summed E-state index contributed by atoms with van der Waals surface area (Å²) in [6, 6.07) is 0.294. The summed E-state index contributed by atoms with van der Waals surface area (Å²) in [6.45, 7) is 8.57. The number of carbonyl (C=O) groups excluding carboxylic acids is 1. The van der Waals surface area contributed by atoms with Crippen molar-refractivity contribution in [2.45, 2.75) is 52.2 Å². The second-order valence-electron chi connectivity index (χ2n) is 6.69. The van der Waals surface area contributed by atoms with Crippen LogP contribution in [0.4, 0.5) is 0 Å². The summed E-state index contributed by atoms with van der Waals surface area (Å²) in [5.41, 5.74) is 0.116. The van der Waals surface area contributed by atoms with Crippen molar-refractivity contribution in [2.75, 3.05) is 47.5 Å². The molecule has 1 saturated carbocycles. The highest BCUT2D eigenvalue weighted by Crippen LogP contribution is 2.48. The number of nitrogens with one attached hydrogen (secondary N) is 2. The van der Waals surface area contributed by atoms with Crippen LogP contribution in [0.2, 0.25) is 0 Å². The van der Waals surface area contributed by atoms with E-state index in [0.29, 0.717) is 25.2 Å². The molecule has 7 nitrogen and oxygen atoms in total. The molecule has 0 spiro atoms. The number of carbonyl (C=O) groups is 1. The number of ether oxygens (including phenoxy) is 2. The number of hydrogen-bond donors (Lipinski definition) is 2. The van der Waals surface area contributed by atoms with Crippen molar-refractivity contribution < 1.29 is 14.3 Å². The maximum atomic E-state index is 11.8. The normalized spacial score (nSPS) is 21.4. The Morgan fingerprint density at radius 3 is 2.42 bits per heavy atom. The van der Waals surface area contributed by atoms with Crippen LogP contribution in [0.1, 0.15) is 40.0 Å². The molecule has 1 amide bonds. The predicted octanol–water partition coefficient (Wildman–Crippen LogP) is 1.86. The minimum absolute atomic E-state index is 0. The van der Waals surface area contributed by atoms with Gasteiger partial charge >= 0.3 is 0 Å². The van der Waals surface area contributed by atoms with E-state index in [1.807, 2.05) is 6.92 Å².